The quantitative estimate of drug-likeness (QED) is 0.774. The Labute approximate surface area is 165 Å². The third-order valence-corrected chi connectivity index (χ3v) is 4.65. The number of rotatable bonds is 6. The average molecular weight is 382 g/mol. The van der Waals surface area contributed by atoms with Crippen LogP contribution in [-0.2, 0) is 9.53 Å². The number of para-hydroxylation sites is 2. The topological polar surface area (TPSA) is 60.0 Å². The van der Waals surface area contributed by atoms with Gasteiger partial charge in [-0.3, -0.25) is 4.79 Å². The normalized spacial score (nSPS) is 14.5. The van der Waals surface area contributed by atoms with Gasteiger partial charge in [0.1, 0.15) is 0 Å². The number of carbonyl (C=O) groups is 1. The van der Waals surface area contributed by atoms with Gasteiger partial charge >= 0.3 is 0 Å². The Kier molecular flexibility index (Phi) is 6.55. The van der Waals surface area contributed by atoms with Crippen LogP contribution in [0.3, 0.4) is 0 Å². The van der Waals surface area contributed by atoms with Gasteiger partial charge in [-0.05, 0) is 42.8 Å². The van der Waals surface area contributed by atoms with Crippen LogP contribution in [0.5, 0.6) is 11.5 Å². The van der Waals surface area contributed by atoms with Crippen LogP contribution in [0.25, 0.3) is 6.08 Å². The van der Waals surface area contributed by atoms with Crippen LogP contribution >= 0.6 is 0 Å². The van der Waals surface area contributed by atoms with Crippen molar-refractivity contribution in [2.75, 3.05) is 50.7 Å². The van der Waals surface area contributed by atoms with Crippen LogP contribution < -0.4 is 19.7 Å². The lowest BCUT2D eigenvalue weighted by Gasteiger charge is -2.30. The molecule has 0 atom stereocenters. The van der Waals surface area contributed by atoms with Crippen molar-refractivity contribution in [3.05, 3.63) is 53.6 Å². The summed E-state index contributed by atoms with van der Waals surface area (Å²) in [5.41, 5.74) is 3.28. The van der Waals surface area contributed by atoms with Gasteiger partial charge in [0.25, 0.3) is 5.91 Å². The fourth-order valence-corrected chi connectivity index (χ4v) is 3.14. The first-order valence-corrected chi connectivity index (χ1v) is 9.26. The molecular weight excluding hydrogens is 356 g/mol. The van der Waals surface area contributed by atoms with Crippen molar-refractivity contribution in [2.45, 2.75) is 6.92 Å². The Morgan fingerprint density at radius 2 is 1.79 bits per heavy atom. The maximum absolute atomic E-state index is 12.8. The number of ether oxygens (including phenoxy) is 3. The number of hydrogen-bond donors (Lipinski definition) is 1. The van der Waals surface area contributed by atoms with E-state index in [1.54, 1.807) is 21.1 Å². The molecule has 0 unspecified atom stereocenters. The van der Waals surface area contributed by atoms with E-state index >= 15 is 0 Å². The predicted molar refractivity (Wildman–Crippen MR) is 111 cm³/mol. The first-order valence-electron chi connectivity index (χ1n) is 9.26. The summed E-state index contributed by atoms with van der Waals surface area (Å²) < 4.78 is 16.0. The van der Waals surface area contributed by atoms with E-state index in [0.717, 1.165) is 30.0 Å². The van der Waals surface area contributed by atoms with E-state index in [9.17, 15) is 4.79 Å². The minimum Gasteiger partial charge on any atom is -0.493 e. The average Bonchev–Trinajstić information content (AvgIpc) is 2.74. The van der Waals surface area contributed by atoms with Gasteiger partial charge in [-0.15, -0.1) is 0 Å². The first kappa shape index (κ1) is 19.8. The standard InChI is InChI=1S/C22H26N2O4/c1-16(14-17-8-9-20(26-2)21(15-17)27-3)22(25)23-18-6-4-5-7-19(18)24-10-12-28-13-11-24/h4-9,14-15H,10-13H2,1-3H3,(H,23,25)/b16-14+. The molecule has 0 aromatic heterocycles. The van der Waals surface area contributed by atoms with Gasteiger partial charge < -0.3 is 24.4 Å². The minimum atomic E-state index is -0.143. The molecule has 3 rings (SSSR count). The second-order valence-corrected chi connectivity index (χ2v) is 6.51. The third-order valence-electron chi connectivity index (χ3n) is 4.65. The SMILES string of the molecule is COc1ccc(/C=C(\C)C(=O)Nc2ccccc2N2CCOCC2)cc1OC. The zero-order chi connectivity index (χ0) is 19.9. The fourth-order valence-electron chi connectivity index (χ4n) is 3.14. The van der Waals surface area contributed by atoms with E-state index < -0.39 is 0 Å². The number of hydrogen-bond acceptors (Lipinski definition) is 5. The molecule has 6 heteroatoms. The smallest absolute Gasteiger partial charge is 0.251 e. The Balaban J connectivity index is 1.77. The highest BCUT2D eigenvalue weighted by molar-refractivity contribution is 6.07. The molecule has 0 saturated carbocycles. The van der Waals surface area contributed by atoms with Crippen molar-refractivity contribution in [3.8, 4) is 11.5 Å². The molecule has 1 aliphatic rings. The van der Waals surface area contributed by atoms with Crippen LogP contribution in [0, 0.1) is 0 Å². The van der Waals surface area contributed by atoms with E-state index in [4.69, 9.17) is 14.2 Å². The zero-order valence-electron chi connectivity index (χ0n) is 16.5. The molecule has 28 heavy (non-hydrogen) atoms. The lowest BCUT2D eigenvalue weighted by Crippen LogP contribution is -2.36. The molecule has 1 heterocycles. The minimum absolute atomic E-state index is 0.143. The molecule has 1 fully saturated rings. The van der Waals surface area contributed by atoms with Crippen LogP contribution in [0.15, 0.2) is 48.0 Å². The Morgan fingerprint density at radius 1 is 1.07 bits per heavy atom. The number of methoxy groups -OCH3 is 2. The van der Waals surface area contributed by atoms with Crippen molar-refractivity contribution in [1.29, 1.82) is 0 Å². The lowest BCUT2D eigenvalue weighted by atomic mass is 10.1. The van der Waals surface area contributed by atoms with Gasteiger partial charge in [-0.25, -0.2) is 0 Å². The van der Waals surface area contributed by atoms with E-state index in [0.29, 0.717) is 30.3 Å². The summed E-state index contributed by atoms with van der Waals surface area (Å²) in [6, 6.07) is 13.4. The summed E-state index contributed by atoms with van der Waals surface area (Å²) in [5.74, 6) is 1.14. The second-order valence-electron chi connectivity index (χ2n) is 6.51. The van der Waals surface area contributed by atoms with Gasteiger partial charge in [0.2, 0.25) is 0 Å². The largest absolute Gasteiger partial charge is 0.493 e. The number of anilines is 2. The fraction of sp³-hybridized carbons (Fsp3) is 0.318. The first-order chi connectivity index (χ1) is 13.6. The van der Waals surface area contributed by atoms with Gasteiger partial charge in [-0.2, -0.15) is 0 Å². The molecule has 0 aliphatic carbocycles. The highest BCUT2D eigenvalue weighted by Gasteiger charge is 2.16. The van der Waals surface area contributed by atoms with Crippen LogP contribution in [0.4, 0.5) is 11.4 Å². The molecule has 1 amide bonds. The molecule has 1 N–H and O–H groups in total. The van der Waals surface area contributed by atoms with E-state index in [1.807, 2.05) is 48.5 Å². The summed E-state index contributed by atoms with van der Waals surface area (Å²) in [7, 11) is 3.19. The molecule has 2 aromatic carbocycles. The summed E-state index contributed by atoms with van der Waals surface area (Å²) in [6.45, 7) is 4.81. The summed E-state index contributed by atoms with van der Waals surface area (Å²) in [4.78, 5) is 15.0. The van der Waals surface area contributed by atoms with Gasteiger partial charge in [0, 0.05) is 18.7 Å². The Hall–Kier alpha value is -2.99. The van der Waals surface area contributed by atoms with Gasteiger partial charge in [0.05, 0.1) is 38.8 Å². The number of carbonyl (C=O) groups excluding carboxylic acids is 1. The molecule has 6 nitrogen and oxygen atoms in total. The van der Waals surface area contributed by atoms with E-state index in [1.165, 1.54) is 0 Å². The van der Waals surface area contributed by atoms with Crippen LogP contribution in [0.1, 0.15) is 12.5 Å². The Morgan fingerprint density at radius 3 is 2.50 bits per heavy atom. The van der Waals surface area contributed by atoms with Crippen LogP contribution in [0.2, 0.25) is 0 Å². The monoisotopic (exact) mass is 382 g/mol. The highest BCUT2D eigenvalue weighted by Crippen LogP contribution is 2.29. The number of amides is 1. The summed E-state index contributed by atoms with van der Waals surface area (Å²) in [5, 5.41) is 3.03. The molecule has 1 saturated heterocycles. The van der Waals surface area contributed by atoms with Crippen molar-refractivity contribution in [3.63, 3.8) is 0 Å². The predicted octanol–water partition coefficient (Wildman–Crippen LogP) is 3.58. The third kappa shape index (κ3) is 4.64. The highest BCUT2D eigenvalue weighted by atomic mass is 16.5. The molecule has 148 valence electrons. The van der Waals surface area contributed by atoms with Crippen molar-refractivity contribution < 1.29 is 19.0 Å². The Bertz CT molecular complexity index is 857. The summed E-state index contributed by atoms with van der Waals surface area (Å²) in [6.07, 6.45) is 1.83. The zero-order valence-corrected chi connectivity index (χ0v) is 16.5. The van der Waals surface area contributed by atoms with Gasteiger partial charge in [-0.1, -0.05) is 18.2 Å². The molecule has 2 aromatic rings. The van der Waals surface area contributed by atoms with E-state index in [-0.39, 0.29) is 5.91 Å². The number of benzene rings is 2. The van der Waals surface area contributed by atoms with E-state index in [2.05, 4.69) is 10.2 Å². The molecule has 0 bridgehead atoms. The maximum atomic E-state index is 12.8. The molecule has 1 aliphatic heterocycles. The van der Waals surface area contributed by atoms with Crippen molar-refractivity contribution in [2.24, 2.45) is 0 Å². The van der Waals surface area contributed by atoms with Crippen molar-refractivity contribution >= 4 is 23.4 Å². The summed E-state index contributed by atoms with van der Waals surface area (Å²) >= 11 is 0. The van der Waals surface area contributed by atoms with Gasteiger partial charge in [0.15, 0.2) is 11.5 Å². The second kappa shape index (κ2) is 9.28. The maximum Gasteiger partial charge on any atom is 0.251 e. The van der Waals surface area contributed by atoms with Crippen molar-refractivity contribution in [1.82, 2.24) is 0 Å². The number of nitrogens with one attached hydrogen (secondary N) is 1. The number of morpholine rings is 1. The molecule has 0 spiro atoms. The number of nitrogens with zero attached hydrogens (tertiary/aromatic N) is 1. The van der Waals surface area contributed by atoms with Crippen LogP contribution in [-0.4, -0.2) is 46.4 Å². The lowest BCUT2D eigenvalue weighted by molar-refractivity contribution is -0.112. The molecular formula is C22H26N2O4. The molecule has 0 radical (unpaired) electrons.